The number of nitrogens with two attached hydrogens (primary N) is 1. The van der Waals surface area contributed by atoms with Gasteiger partial charge in [0.25, 0.3) is 0 Å². The largest absolute Gasteiger partial charge is 0.323 e. The number of thiazole rings is 1. The first-order chi connectivity index (χ1) is 9.16. The molecule has 0 bridgehead atoms. The molecule has 3 aromatic rings. The fourth-order valence-electron chi connectivity index (χ4n) is 1.93. The second-order valence-electron chi connectivity index (χ2n) is 4.35. The average molecular weight is 290 g/mol. The summed E-state index contributed by atoms with van der Waals surface area (Å²) in [7, 11) is 0. The summed E-state index contributed by atoms with van der Waals surface area (Å²) in [5.41, 5.74) is 7.75. The van der Waals surface area contributed by atoms with Gasteiger partial charge in [0.15, 0.2) is 0 Å². The Morgan fingerprint density at radius 2 is 2.11 bits per heavy atom. The van der Waals surface area contributed by atoms with Crippen LogP contribution in [0.4, 0.5) is 0 Å². The molecule has 1 aromatic carbocycles. The topological polar surface area (TPSA) is 51.8 Å². The SMILES string of the molecule is CC(N)c1cnc(-c2ccc(Cl)c3cccnc23)s1. The first-order valence-electron chi connectivity index (χ1n) is 5.91. The highest BCUT2D eigenvalue weighted by Gasteiger charge is 2.12. The molecule has 0 aliphatic carbocycles. The van der Waals surface area contributed by atoms with Crippen molar-refractivity contribution in [3.05, 3.63) is 46.6 Å². The summed E-state index contributed by atoms with van der Waals surface area (Å²) in [6.45, 7) is 1.95. The highest BCUT2D eigenvalue weighted by molar-refractivity contribution is 7.15. The molecule has 5 heteroatoms. The van der Waals surface area contributed by atoms with Crippen LogP contribution < -0.4 is 5.73 Å². The molecule has 0 fully saturated rings. The average Bonchev–Trinajstić information content (AvgIpc) is 2.89. The molecule has 1 unspecified atom stereocenters. The maximum atomic E-state index is 6.20. The van der Waals surface area contributed by atoms with E-state index in [9.17, 15) is 0 Å². The summed E-state index contributed by atoms with van der Waals surface area (Å²) in [6.07, 6.45) is 3.59. The Hall–Kier alpha value is -1.49. The van der Waals surface area contributed by atoms with E-state index in [-0.39, 0.29) is 6.04 Å². The van der Waals surface area contributed by atoms with Crippen LogP contribution in [0.15, 0.2) is 36.7 Å². The van der Waals surface area contributed by atoms with Crippen LogP contribution in [0.3, 0.4) is 0 Å². The van der Waals surface area contributed by atoms with Gasteiger partial charge >= 0.3 is 0 Å². The number of aromatic nitrogens is 2. The van der Waals surface area contributed by atoms with Crippen molar-refractivity contribution in [1.29, 1.82) is 0 Å². The Morgan fingerprint density at radius 1 is 1.26 bits per heavy atom. The molecule has 0 amide bonds. The van der Waals surface area contributed by atoms with E-state index in [0.29, 0.717) is 5.02 Å². The van der Waals surface area contributed by atoms with Gasteiger partial charge in [-0.25, -0.2) is 4.98 Å². The first kappa shape index (κ1) is 12.5. The third-order valence-electron chi connectivity index (χ3n) is 2.92. The number of benzene rings is 1. The molecule has 96 valence electrons. The van der Waals surface area contributed by atoms with E-state index in [1.165, 1.54) is 0 Å². The van der Waals surface area contributed by atoms with Crippen LogP contribution in [0.25, 0.3) is 21.5 Å². The molecule has 2 heterocycles. The smallest absolute Gasteiger partial charge is 0.125 e. The van der Waals surface area contributed by atoms with Crippen LogP contribution in [0.5, 0.6) is 0 Å². The van der Waals surface area contributed by atoms with Crippen molar-refractivity contribution >= 4 is 33.8 Å². The summed E-state index contributed by atoms with van der Waals surface area (Å²) in [6, 6.07) is 7.69. The molecule has 0 saturated heterocycles. The monoisotopic (exact) mass is 289 g/mol. The predicted octanol–water partition coefficient (Wildman–Crippen LogP) is 4.03. The maximum Gasteiger partial charge on any atom is 0.125 e. The standard InChI is InChI=1S/C14H12ClN3S/c1-8(16)12-7-18-14(19-12)10-4-5-11(15)9-3-2-6-17-13(9)10/h2-8H,16H2,1H3. The zero-order valence-electron chi connectivity index (χ0n) is 10.3. The van der Waals surface area contributed by atoms with Gasteiger partial charge in [0, 0.05) is 34.3 Å². The van der Waals surface area contributed by atoms with E-state index in [1.807, 2.05) is 37.4 Å². The number of fused-ring (bicyclic) bond motifs is 1. The lowest BCUT2D eigenvalue weighted by Crippen LogP contribution is -2.01. The Morgan fingerprint density at radius 3 is 2.84 bits per heavy atom. The van der Waals surface area contributed by atoms with E-state index >= 15 is 0 Å². The highest BCUT2D eigenvalue weighted by atomic mass is 35.5. The van der Waals surface area contributed by atoms with Crippen LogP contribution in [-0.2, 0) is 0 Å². The fraction of sp³-hybridized carbons (Fsp3) is 0.143. The van der Waals surface area contributed by atoms with E-state index in [4.69, 9.17) is 17.3 Å². The summed E-state index contributed by atoms with van der Waals surface area (Å²) in [4.78, 5) is 9.93. The van der Waals surface area contributed by atoms with E-state index in [2.05, 4.69) is 9.97 Å². The van der Waals surface area contributed by atoms with Gasteiger partial charge in [-0.1, -0.05) is 11.6 Å². The van der Waals surface area contributed by atoms with Crippen molar-refractivity contribution in [3.8, 4) is 10.6 Å². The van der Waals surface area contributed by atoms with Crippen LogP contribution >= 0.6 is 22.9 Å². The van der Waals surface area contributed by atoms with Crippen molar-refractivity contribution in [2.45, 2.75) is 13.0 Å². The maximum absolute atomic E-state index is 6.20. The van der Waals surface area contributed by atoms with Crippen molar-refractivity contribution in [3.63, 3.8) is 0 Å². The second-order valence-corrected chi connectivity index (χ2v) is 5.82. The molecule has 19 heavy (non-hydrogen) atoms. The van der Waals surface area contributed by atoms with E-state index in [0.717, 1.165) is 26.4 Å². The zero-order chi connectivity index (χ0) is 13.4. The molecule has 1 atom stereocenters. The van der Waals surface area contributed by atoms with E-state index < -0.39 is 0 Å². The zero-order valence-corrected chi connectivity index (χ0v) is 11.9. The lowest BCUT2D eigenvalue weighted by Gasteiger charge is -2.04. The molecule has 3 rings (SSSR count). The summed E-state index contributed by atoms with van der Waals surface area (Å²) >= 11 is 7.79. The van der Waals surface area contributed by atoms with Gasteiger partial charge in [0.1, 0.15) is 5.01 Å². The molecule has 0 spiro atoms. The van der Waals surface area contributed by atoms with Gasteiger partial charge in [0.2, 0.25) is 0 Å². The Bertz CT molecular complexity index is 736. The van der Waals surface area contributed by atoms with Crippen molar-refractivity contribution in [2.24, 2.45) is 5.73 Å². The van der Waals surface area contributed by atoms with Crippen molar-refractivity contribution in [2.75, 3.05) is 0 Å². The van der Waals surface area contributed by atoms with E-state index in [1.54, 1.807) is 17.5 Å². The van der Waals surface area contributed by atoms with Gasteiger partial charge in [-0.15, -0.1) is 11.3 Å². The quantitative estimate of drug-likeness (QED) is 0.775. The van der Waals surface area contributed by atoms with Crippen LogP contribution in [0.1, 0.15) is 17.8 Å². The second kappa shape index (κ2) is 4.89. The lowest BCUT2D eigenvalue weighted by atomic mass is 10.1. The van der Waals surface area contributed by atoms with Gasteiger partial charge in [0.05, 0.1) is 10.5 Å². The lowest BCUT2D eigenvalue weighted by molar-refractivity contribution is 0.835. The minimum atomic E-state index is -0.00206. The number of nitrogens with zero attached hydrogens (tertiary/aromatic N) is 2. The summed E-state index contributed by atoms with van der Waals surface area (Å²) in [5, 5.41) is 2.57. The minimum Gasteiger partial charge on any atom is -0.323 e. The van der Waals surface area contributed by atoms with Gasteiger partial charge in [-0.05, 0) is 31.2 Å². The molecular formula is C14H12ClN3S. The van der Waals surface area contributed by atoms with Gasteiger partial charge in [-0.2, -0.15) is 0 Å². The molecule has 3 nitrogen and oxygen atoms in total. The number of rotatable bonds is 2. The number of hydrogen-bond donors (Lipinski definition) is 1. The number of hydrogen-bond acceptors (Lipinski definition) is 4. The number of pyridine rings is 1. The fourth-order valence-corrected chi connectivity index (χ4v) is 3.04. The normalized spacial score (nSPS) is 12.8. The molecule has 0 saturated carbocycles. The Balaban J connectivity index is 2.22. The highest BCUT2D eigenvalue weighted by Crippen LogP contribution is 2.34. The molecule has 0 aliphatic heterocycles. The Labute approximate surface area is 120 Å². The minimum absolute atomic E-state index is 0.00206. The molecule has 2 aromatic heterocycles. The molecule has 0 radical (unpaired) electrons. The van der Waals surface area contributed by atoms with Gasteiger partial charge < -0.3 is 5.73 Å². The van der Waals surface area contributed by atoms with Crippen LogP contribution in [0, 0.1) is 0 Å². The van der Waals surface area contributed by atoms with Crippen molar-refractivity contribution < 1.29 is 0 Å². The summed E-state index contributed by atoms with van der Waals surface area (Å²) in [5.74, 6) is 0. The molecule has 2 N–H and O–H groups in total. The van der Waals surface area contributed by atoms with Crippen LogP contribution in [-0.4, -0.2) is 9.97 Å². The number of halogens is 1. The summed E-state index contributed by atoms with van der Waals surface area (Å²) < 4.78 is 0. The predicted molar refractivity (Wildman–Crippen MR) is 80.5 cm³/mol. The van der Waals surface area contributed by atoms with Gasteiger partial charge in [-0.3, -0.25) is 4.98 Å². The van der Waals surface area contributed by atoms with Crippen LogP contribution in [0.2, 0.25) is 5.02 Å². The first-order valence-corrected chi connectivity index (χ1v) is 7.11. The molecule has 0 aliphatic rings. The van der Waals surface area contributed by atoms with Crippen molar-refractivity contribution in [1.82, 2.24) is 9.97 Å². The third-order valence-corrected chi connectivity index (χ3v) is 4.48. The third kappa shape index (κ3) is 2.23. The Kier molecular flexibility index (Phi) is 3.22. The molecular weight excluding hydrogens is 278 g/mol.